The summed E-state index contributed by atoms with van der Waals surface area (Å²) in [7, 11) is -4.04. The van der Waals surface area contributed by atoms with Crippen LogP contribution in [0.4, 0.5) is 14.5 Å². The van der Waals surface area contributed by atoms with E-state index in [-0.39, 0.29) is 42.2 Å². The molecule has 3 aromatic heterocycles. The summed E-state index contributed by atoms with van der Waals surface area (Å²) in [6.45, 7) is 4.83. The third-order valence-electron chi connectivity index (χ3n) is 6.95. The van der Waals surface area contributed by atoms with Gasteiger partial charge in [-0.15, -0.1) is 10.2 Å². The van der Waals surface area contributed by atoms with E-state index in [9.17, 15) is 22.0 Å². The summed E-state index contributed by atoms with van der Waals surface area (Å²) >= 11 is 0.703. The highest BCUT2D eigenvalue weighted by Crippen LogP contribution is 2.34. The normalized spacial score (nSPS) is 21.6. The van der Waals surface area contributed by atoms with Crippen molar-refractivity contribution < 1.29 is 36.2 Å². The average molecular weight is 600 g/mol. The van der Waals surface area contributed by atoms with Gasteiger partial charge in [0.05, 0.1) is 57.0 Å². The van der Waals surface area contributed by atoms with Gasteiger partial charge in [0.2, 0.25) is 10.0 Å². The molecule has 1 amide bonds. The molecule has 0 saturated carbocycles. The van der Waals surface area contributed by atoms with Gasteiger partial charge in [-0.1, -0.05) is 11.3 Å². The van der Waals surface area contributed by atoms with Crippen molar-refractivity contribution in [2.45, 2.75) is 29.9 Å². The molecule has 17 heteroatoms. The quantitative estimate of drug-likeness (QED) is 0.417. The molecule has 1 N–H and O–H groups in total. The van der Waals surface area contributed by atoms with Crippen LogP contribution < -0.4 is 9.62 Å². The van der Waals surface area contributed by atoms with Crippen LogP contribution in [-0.4, -0.2) is 110 Å². The number of amides is 1. The number of anilines is 1. The van der Waals surface area contributed by atoms with Gasteiger partial charge in [-0.05, 0) is 13.0 Å². The van der Waals surface area contributed by atoms with E-state index < -0.39 is 33.1 Å². The molecule has 40 heavy (non-hydrogen) atoms. The summed E-state index contributed by atoms with van der Waals surface area (Å²) < 4.78 is 74.0. The number of carbonyl (C=O) groups is 1. The Morgan fingerprint density at radius 1 is 1.18 bits per heavy atom. The third-order valence-corrected chi connectivity index (χ3v) is 9.50. The number of nitrogens with zero attached hydrogens (tertiary/aromatic N) is 6. The minimum atomic E-state index is -4.04. The van der Waals surface area contributed by atoms with E-state index in [1.165, 1.54) is 22.9 Å². The van der Waals surface area contributed by atoms with Crippen LogP contribution >= 0.6 is 11.3 Å². The Morgan fingerprint density at radius 2 is 1.95 bits per heavy atom. The molecule has 3 aromatic rings. The lowest BCUT2D eigenvalue weighted by atomic mass is 10.0. The van der Waals surface area contributed by atoms with Crippen molar-refractivity contribution in [3.63, 3.8) is 0 Å². The fourth-order valence-electron chi connectivity index (χ4n) is 4.86. The molecule has 3 fully saturated rings. The van der Waals surface area contributed by atoms with Crippen LogP contribution in [0.5, 0.6) is 0 Å². The lowest BCUT2D eigenvalue weighted by Gasteiger charge is -2.38. The van der Waals surface area contributed by atoms with Crippen molar-refractivity contribution in [1.29, 1.82) is 0 Å². The van der Waals surface area contributed by atoms with E-state index in [2.05, 4.69) is 19.9 Å². The largest absolute Gasteiger partial charge is 0.378 e. The van der Waals surface area contributed by atoms with E-state index in [0.29, 0.717) is 61.2 Å². The van der Waals surface area contributed by atoms with Gasteiger partial charge in [-0.25, -0.2) is 26.9 Å². The molecule has 3 aliphatic rings. The fourth-order valence-corrected chi connectivity index (χ4v) is 6.97. The summed E-state index contributed by atoms with van der Waals surface area (Å²) in [5, 5.41) is 7.15. The van der Waals surface area contributed by atoms with Crippen LogP contribution in [0.25, 0.3) is 16.3 Å². The summed E-state index contributed by atoms with van der Waals surface area (Å²) in [6.07, 6.45) is -0.730. The number of carbonyl (C=O) groups excluding carboxylic acids is 1. The van der Waals surface area contributed by atoms with Gasteiger partial charge in [-0.3, -0.25) is 9.20 Å². The van der Waals surface area contributed by atoms with Crippen molar-refractivity contribution in [1.82, 2.24) is 29.2 Å². The molecule has 0 unspecified atom stereocenters. The molecule has 6 heterocycles. The van der Waals surface area contributed by atoms with E-state index in [1.807, 2.05) is 4.90 Å². The second kappa shape index (κ2) is 10.5. The zero-order valence-corrected chi connectivity index (χ0v) is 23.1. The molecule has 0 radical (unpaired) electrons. The Kier molecular flexibility index (Phi) is 7.20. The molecule has 0 bridgehead atoms. The zero-order chi connectivity index (χ0) is 28.1. The Morgan fingerprint density at radius 3 is 2.62 bits per heavy atom. The average Bonchev–Trinajstić information content (AvgIpc) is 3.59. The van der Waals surface area contributed by atoms with Crippen molar-refractivity contribution in [3.8, 4) is 10.7 Å². The molecular formula is C23H27F2N7O6S2. The highest BCUT2D eigenvalue weighted by molar-refractivity contribution is 7.89. The summed E-state index contributed by atoms with van der Waals surface area (Å²) in [5.74, 6) is -0.162. The molecular weight excluding hydrogens is 572 g/mol. The van der Waals surface area contributed by atoms with Crippen molar-refractivity contribution >= 4 is 38.6 Å². The van der Waals surface area contributed by atoms with Crippen LogP contribution in [0.15, 0.2) is 23.4 Å². The van der Waals surface area contributed by atoms with Crippen molar-refractivity contribution in [2.24, 2.45) is 0 Å². The SMILES string of the molecule is CC1(NS(=O)(=O)c2cc(N3CCO[C@H](C(=O)N4CCOCC4)C3)c3ncc(-c4nnc(C(F)F)s4)n3c2)COC1. The number of aromatic nitrogens is 4. The molecule has 0 spiro atoms. The van der Waals surface area contributed by atoms with E-state index in [1.54, 1.807) is 11.8 Å². The molecule has 0 aromatic carbocycles. The monoisotopic (exact) mass is 599 g/mol. The predicted octanol–water partition coefficient (Wildman–Crippen LogP) is 0.922. The summed E-state index contributed by atoms with van der Waals surface area (Å²) in [6, 6.07) is 1.50. The maximum atomic E-state index is 13.5. The number of pyridine rings is 1. The van der Waals surface area contributed by atoms with E-state index >= 15 is 0 Å². The Labute approximate surface area is 232 Å². The van der Waals surface area contributed by atoms with Crippen LogP contribution in [0, 0.1) is 0 Å². The van der Waals surface area contributed by atoms with Gasteiger partial charge in [0.25, 0.3) is 12.3 Å². The number of hydrogen-bond donors (Lipinski definition) is 1. The number of halogens is 2. The van der Waals surface area contributed by atoms with Gasteiger partial charge < -0.3 is 24.0 Å². The Balaban J connectivity index is 1.40. The predicted molar refractivity (Wildman–Crippen MR) is 138 cm³/mol. The Hall–Kier alpha value is -2.83. The number of hydrogen-bond acceptors (Lipinski definition) is 11. The number of sulfonamides is 1. The van der Waals surface area contributed by atoms with Gasteiger partial charge in [0.15, 0.2) is 21.8 Å². The second-order valence-corrected chi connectivity index (χ2v) is 12.7. The van der Waals surface area contributed by atoms with Gasteiger partial charge in [0.1, 0.15) is 10.6 Å². The number of alkyl halides is 2. The van der Waals surface area contributed by atoms with Crippen LogP contribution in [0.1, 0.15) is 18.4 Å². The summed E-state index contributed by atoms with van der Waals surface area (Å²) in [5.41, 5.74) is 0.377. The first-order valence-electron chi connectivity index (χ1n) is 12.6. The third kappa shape index (κ3) is 5.16. The van der Waals surface area contributed by atoms with Gasteiger partial charge >= 0.3 is 0 Å². The number of imidazole rings is 1. The molecule has 1 atom stereocenters. The molecule has 216 valence electrons. The van der Waals surface area contributed by atoms with E-state index in [0.717, 1.165) is 0 Å². The molecule has 6 rings (SSSR count). The van der Waals surface area contributed by atoms with Crippen LogP contribution in [0.2, 0.25) is 0 Å². The van der Waals surface area contributed by atoms with Gasteiger partial charge in [0, 0.05) is 25.8 Å². The maximum Gasteiger partial charge on any atom is 0.291 e. The minimum Gasteiger partial charge on any atom is -0.378 e. The number of morpholine rings is 2. The lowest BCUT2D eigenvalue weighted by Crippen LogP contribution is -2.59. The standard InChI is InChI=1S/C23H27F2N7O6S2/c1-23(12-37-13-23)29-40(34,35)14-8-15(31-4-7-38-17(11-31)22(33)30-2-5-36-6-3-30)19-26-9-16(32(19)10-14)20-27-28-21(39-20)18(24)25/h8-10,17-18,29H,2-7,11-13H2,1H3/t17-/m0/s1. The maximum absolute atomic E-state index is 13.5. The van der Waals surface area contributed by atoms with Crippen molar-refractivity contribution in [3.05, 3.63) is 23.5 Å². The Bertz CT molecular complexity index is 1520. The number of nitrogens with one attached hydrogen (secondary N) is 1. The van der Waals surface area contributed by atoms with Gasteiger partial charge in [-0.2, -0.15) is 0 Å². The number of ether oxygens (including phenoxy) is 3. The first kappa shape index (κ1) is 27.3. The smallest absolute Gasteiger partial charge is 0.291 e. The fraction of sp³-hybridized carbons (Fsp3) is 0.565. The first-order valence-corrected chi connectivity index (χ1v) is 14.9. The highest BCUT2D eigenvalue weighted by atomic mass is 32.2. The van der Waals surface area contributed by atoms with Crippen LogP contribution in [-0.2, 0) is 29.0 Å². The highest BCUT2D eigenvalue weighted by Gasteiger charge is 2.39. The minimum absolute atomic E-state index is 0.0662. The summed E-state index contributed by atoms with van der Waals surface area (Å²) in [4.78, 5) is 21.2. The number of fused-ring (bicyclic) bond motifs is 1. The topological polar surface area (TPSA) is 140 Å². The lowest BCUT2D eigenvalue weighted by molar-refractivity contribution is -0.148. The van der Waals surface area contributed by atoms with E-state index in [4.69, 9.17) is 14.2 Å². The van der Waals surface area contributed by atoms with Crippen molar-refractivity contribution in [2.75, 3.05) is 64.1 Å². The molecule has 13 nitrogen and oxygen atoms in total. The molecule has 3 aliphatic heterocycles. The molecule has 0 aliphatic carbocycles. The second-order valence-electron chi connectivity index (χ2n) is 10.0. The zero-order valence-electron chi connectivity index (χ0n) is 21.5. The molecule has 3 saturated heterocycles. The first-order chi connectivity index (χ1) is 19.1. The number of rotatable bonds is 7. The van der Waals surface area contributed by atoms with Crippen LogP contribution in [0.3, 0.4) is 0 Å².